The lowest BCUT2D eigenvalue weighted by atomic mass is 9.86. The summed E-state index contributed by atoms with van der Waals surface area (Å²) >= 11 is 0. The Labute approximate surface area is 213 Å². The number of carbonyl (C=O) groups is 1. The number of rotatable bonds is 5. The molecule has 2 saturated heterocycles. The number of halogens is 4. The third-order valence-electron chi connectivity index (χ3n) is 6.66. The van der Waals surface area contributed by atoms with Crippen LogP contribution in [0.2, 0.25) is 0 Å². The second-order valence-electron chi connectivity index (χ2n) is 9.11. The quantitative estimate of drug-likeness (QED) is 0.290. The first-order valence-corrected chi connectivity index (χ1v) is 11.9. The molecule has 2 aliphatic heterocycles. The summed E-state index contributed by atoms with van der Waals surface area (Å²) in [6.07, 6.45) is -1.34. The van der Waals surface area contributed by atoms with Gasteiger partial charge in [0.2, 0.25) is 5.79 Å². The minimum Gasteiger partial charge on any atom is -0.451 e. The van der Waals surface area contributed by atoms with Crippen molar-refractivity contribution in [2.24, 2.45) is 0 Å². The first-order valence-electron chi connectivity index (χ1n) is 11.9. The van der Waals surface area contributed by atoms with Gasteiger partial charge >= 0.3 is 5.97 Å². The van der Waals surface area contributed by atoms with Gasteiger partial charge in [-0.15, -0.1) is 5.10 Å². The number of carbonyl (C=O) groups excluding carboxylic acids is 1. The molecule has 0 saturated carbocycles. The van der Waals surface area contributed by atoms with Crippen molar-refractivity contribution in [2.75, 3.05) is 13.2 Å². The molecule has 2 N–H and O–H groups in total. The van der Waals surface area contributed by atoms with Crippen LogP contribution in [-0.2, 0) is 14.2 Å². The van der Waals surface area contributed by atoms with E-state index >= 15 is 0 Å². The molecule has 0 aliphatic carbocycles. The Bertz CT molecular complexity index is 1310. The molecule has 2 aliphatic rings. The van der Waals surface area contributed by atoms with E-state index in [4.69, 9.17) is 14.2 Å². The van der Waals surface area contributed by atoms with Crippen molar-refractivity contribution in [3.8, 4) is 11.3 Å². The first kappa shape index (κ1) is 26.2. The van der Waals surface area contributed by atoms with E-state index < -0.39 is 66.0 Å². The Morgan fingerprint density at radius 3 is 2.58 bits per heavy atom. The molecule has 5 rings (SSSR count). The van der Waals surface area contributed by atoms with Gasteiger partial charge in [0.25, 0.3) is 0 Å². The molecule has 9 nitrogen and oxygen atoms in total. The fourth-order valence-corrected chi connectivity index (χ4v) is 4.82. The highest BCUT2D eigenvalue weighted by atomic mass is 19.2. The van der Waals surface area contributed by atoms with Crippen LogP contribution in [0.5, 0.6) is 0 Å². The van der Waals surface area contributed by atoms with Crippen LogP contribution in [0.25, 0.3) is 11.3 Å². The van der Waals surface area contributed by atoms with Gasteiger partial charge in [0.05, 0.1) is 25.0 Å². The molecular formula is C25H23F4N3O6. The highest BCUT2D eigenvalue weighted by molar-refractivity contribution is 5.89. The molecule has 3 aromatic rings. The van der Waals surface area contributed by atoms with E-state index in [9.17, 15) is 32.6 Å². The molecule has 0 amide bonds. The highest BCUT2D eigenvalue weighted by Crippen LogP contribution is 2.44. The van der Waals surface area contributed by atoms with Crippen LogP contribution in [0.1, 0.15) is 35.7 Å². The Kier molecular flexibility index (Phi) is 7.18. The summed E-state index contributed by atoms with van der Waals surface area (Å²) in [5, 5.41) is 28.9. The number of esters is 1. The third kappa shape index (κ3) is 4.77. The van der Waals surface area contributed by atoms with Gasteiger partial charge < -0.3 is 24.4 Å². The van der Waals surface area contributed by atoms with Crippen LogP contribution in [0, 0.1) is 23.3 Å². The zero-order valence-corrected chi connectivity index (χ0v) is 19.8. The van der Waals surface area contributed by atoms with Crippen molar-refractivity contribution in [1.29, 1.82) is 0 Å². The summed E-state index contributed by atoms with van der Waals surface area (Å²) in [7, 11) is 0. The Morgan fingerprint density at radius 1 is 1.16 bits per heavy atom. The van der Waals surface area contributed by atoms with Crippen molar-refractivity contribution in [2.45, 2.75) is 49.4 Å². The van der Waals surface area contributed by atoms with Crippen LogP contribution >= 0.6 is 0 Å². The average molecular weight is 537 g/mol. The largest absolute Gasteiger partial charge is 0.451 e. The minimum atomic E-state index is -1.65. The minimum absolute atomic E-state index is 0.0733. The lowest BCUT2D eigenvalue weighted by molar-refractivity contribution is -0.363. The van der Waals surface area contributed by atoms with Gasteiger partial charge in [0.15, 0.2) is 23.6 Å². The predicted octanol–water partition coefficient (Wildman–Crippen LogP) is 2.92. The topological polar surface area (TPSA) is 116 Å². The maximum Gasteiger partial charge on any atom is 0.338 e. The summed E-state index contributed by atoms with van der Waals surface area (Å²) in [6.45, 7) is -0.394. The van der Waals surface area contributed by atoms with E-state index in [0.717, 1.165) is 28.9 Å². The number of aromatic nitrogens is 3. The Morgan fingerprint density at radius 2 is 1.92 bits per heavy atom. The Hall–Kier alpha value is -3.39. The van der Waals surface area contributed by atoms with E-state index in [1.165, 1.54) is 18.3 Å². The van der Waals surface area contributed by atoms with E-state index in [0.29, 0.717) is 12.8 Å². The summed E-state index contributed by atoms with van der Waals surface area (Å²) in [5.41, 5.74) is -0.314. The van der Waals surface area contributed by atoms with Gasteiger partial charge in [-0.05, 0) is 43.2 Å². The maximum atomic E-state index is 13.8. The molecule has 2 aromatic carbocycles. The molecule has 2 fully saturated rings. The fourth-order valence-electron chi connectivity index (χ4n) is 4.82. The fraction of sp³-hybridized carbons (Fsp3) is 0.400. The van der Waals surface area contributed by atoms with E-state index in [-0.39, 0.29) is 29.8 Å². The van der Waals surface area contributed by atoms with Crippen LogP contribution in [-0.4, -0.2) is 68.5 Å². The summed E-state index contributed by atoms with van der Waals surface area (Å²) in [4.78, 5) is 13.1. The van der Waals surface area contributed by atoms with E-state index in [2.05, 4.69) is 10.3 Å². The normalized spacial score (nSPS) is 27.4. The van der Waals surface area contributed by atoms with E-state index in [1.54, 1.807) is 0 Å². The molecule has 1 aromatic heterocycles. The molecule has 0 unspecified atom stereocenters. The third-order valence-corrected chi connectivity index (χ3v) is 6.66. The zero-order chi connectivity index (χ0) is 27.0. The smallest absolute Gasteiger partial charge is 0.338 e. The van der Waals surface area contributed by atoms with Crippen molar-refractivity contribution >= 4 is 5.97 Å². The number of nitrogens with zero attached hydrogens (tertiary/aromatic N) is 3. The van der Waals surface area contributed by atoms with Crippen LogP contribution in [0.15, 0.2) is 42.6 Å². The molecule has 1 spiro atoms. The number of hydrogen-bond acceptors (Lipinski definition) is 8. The number of hydrogen-bond donors (Lipinski definition) is 2. The molecular weight excluding hydrogens is 514 g/mol. The van der Waals surface area contributed by atoms with Crippen molar-refractivity contribution in [3.63, 3.8) is 0 Å². The van der Waals surface area contributed by atoms with Crippen molar-refractivity contribution in [1.82, 2.24) is 15.0 Å². The maximum absolute atomic E-state index is 13.8. The predicted molar refractivity (Wildman–Crippen MR) is 120 cm³/mol. The average Bonchev–Trinajstić information content (AvgIpc) is 3.39. The monoisotopic (exact) mass is 537 g/mol. The Balaban J connectivity index is 1.56. The van der Waals surface area contributed by atoms with Crippen LogP contribution < -0.4 is 0 Å². The van der Waals surface area contributed by atoms with Gasteiger partial charge in [-0.3, -0.25) is 0 Å². The number of aliphatic hydroxyl groups is 2. The van der Waals surface area contributed by atoms with Gasteiger partial charge in [-0.2, -0.15) is 0 Å². The molecule has 0 bridgehead atoms. The van der Waals surface area contributed by atoms with E-state index in [1.807, 2.05) is 0 Å². The highest BCUT2D eigenvalue weighted by Gasteiger charge is 2.59. The SMILES string of the molecule is O=C(O[C@@H]1[C@@H](n2cc(-c3cc(F)c(F)c(F)c3)nn2)[C@@H](O)[C@@H](CO)O[C@@]12CCCCO2)c1cccc(F)c1. The first-order chi connectivity index (χ1) is 18.2. The van der Waals surface area contributed by atoms with Crippen LogP contribution in [0.3, 0.4) is 0 Å². The summed E-state index contributed by atoms with van der Waals surface area (Å²) < 4.78 is 73.7. The summed E-state index contributed by atoms with van der Waals surface area (Å²) in [6, 6.07) is 5.02. The van der Waals surface area contributed by atoms with Gasteiger partial charge in [0, 0.05) is 12.0 Å². The van der Waals surface area contributed by atoms with Gasteiger partial charge in [-0.1, -0.05) is 11.3 Å². The molecule has 3 heterocycles. The van der Waals surface area contributed by atoms with Gasteiger partial charge in [-0.25, -0.2) is 27.0 Å². The molecule has 5 atom stereocenters. The van der Waals surface area contributed by atoms with Crippen molar-refractivity contribution in [3.05, 3.63) is 71.4 Å². The van der Waals surface area contributed by atoms with Crippen molar-refractivity contribution < 1.29 is 46.8 Å². The number of ether oxygens (including phenoxy) is 3. The van der Waals surface area contributed by atoms with Gasteiger partial charge in [0.1, 0.15) is 29.8 Å². The lowest BCUT2D eigenvalue weighted by Gasteiger charge is -2.51. The zero-order valence-electron chi connectivity index (χ0n) is 19.8. The standard InChI is InChI=1S/C25H23F4N3O6/c26-15-5-3-4-13(8-15)24(35)37-23-21(22(34)19(12-33)38-25(23)6-1-2-7-36-25)32-11-18(30-31-32)14-9-16(27)20(29)17(28)10-14/h3-5,8-11,19,21-23,33-34H,1-2,6-7,12H2/t19-,21+,22+,23-,25+/m1/s1. The number of aliphatic hydroxyl groups excluding tert-OH is 2. The summed E-state index contributed by atoms with van der Waals surface area (Å²) in [5.74, 6) is -7.71. The second kappa shape index (κ2) is 10.4. The second-order valence-corrected chi connectivity index (χ2v) is 9.11. The van der Waals surface area contributed by atoms with Crippen LogP contribution in [0.4, 0.5) is 17.6 Å². The molecule has 0 radical (unpaired) electrons. The molecule has 202 valence electrons. The molecule has 13 heteroatoms. The lowest BCUT2D eigenvalue weighted by Crippen LogP contribution is -2.65. The molecule has 38 heavy (non-hydrogen) atoms. The number of benzene rings is 2.